The van der Waals surface area contributed by atoms with Crippen LogP contribution >= 0.6 is 0 Å². The molecule has 1 heterocycles. The molecule has 1 amide bonds. The van der Waals surface area contributed by atoms with Crippen LogP contribution in [-0.4, -0.2) is 18.5 Å². The van der Waals surface area contributed by atoms with E-state index in [-0.39, 0.29) is 5.91 Å². The zero-order chi connectivity index (χ0) is 12.3. The highest BCUT2D eigenvalue weighted by molar-refractivity contribution is 5.92. The van der Waals surface area contributed by atoms with Crippen molar-refractivity contribution in [1.29, 1.82) is 0 Å². The maximum Gasteiger partial charge on any atom is 0.238 e. The number of anilines is 1. The predicted molar refractivity (Wildman–Crippen MR) is 66.7 cm³/mol. The Kier molecular flexibility index (Phi) is 3.76. The lowest BCUT2D eigenvalue weighted by atomic mass is 10.1. The summed E-state index contributed by atoms with van der Waals surface area (Å²) in [4.78, 5) is 11.6. The Morgan fingerprint density at radius 2 is 2.12 bits per heavy atom. The van der Waals surface area contributed by atoms with E-state index in [1.165, 1.54) is 11.1 Å². The number of benzene rings is 1. The summed E-state index contributed by atoms with van der Waals surface area (Å²) in [7, 11) is 0. The molecule has 1 aliphatic heterocycles. The zero-order valence-electron chi connectivity index (χ0n) is 10.2. The third-order valence-electron chi connectivity index (χ3n) is 2.68. The van der Waals surface area contributed by atoms with Gasteiger partial charge in [0.2, 0.25) is 5.91 Å². The van der Waals surface area contributed by atoms with E-state index in [1.54, 1.807) is 0 Å². The van der Waals surface area contributed by atoms with Crippen LogP contribution in [0.1, 0.15) is 25.0 Å². The Bertz CT molecular complexity index is 416. The number of nitrogens with one attached hydrogen (secondary N) is 2. The molecule has 92 valence electrons. The van der Waals surface area contributed by atoms with Crippen LogP contribution in [0.3, 0.4) is 0 Å². The first-order valence-corrected chi connectivity index (χ1v) is 5.88. The van der Waals surface area contributed by atoms with Crippen molar-refractivity contribution < 1.29 is 9.53 Å². The van der Waals surface area contributed by atoms with E-state index in [9.17, 15) is 4.79 Å². The van der Waals surface area contributed by atoms with E-state index in [0.29, 0.717) is 25.8 Å². The third kappa shape index (κ3) is 3.28. The highest BCUT2D eigenvalue weighted by Crippen LogP contribution is 2.22. The minimum absolute atomic E-state index is 0.0161. The van der Waals surface area contributed by atoms with Gasteiger partial charge in [-0.1, -0.05) is 19.9 Å². The molecular formula is C13H18N2O2. The van der Waals surface area contributed by atoms with Crippen molar-refractivity contribution in [3.05, 3.63) is 29.3 Å². The van der Waals surface area contributed by atoms with Gasteiger partial charge in [0.25, 0.3) is 0 Å². The average molecular weight is 234 g/mol. The molecule has 2 rings (SSSR count). The summed E-state index contributed by atoms with van der Waals surface area (Å²) in [5.41, 5.74) is 3.22. The van der Waals surface area contributed by atoms with Crippen molar-refractivity contribution in [3.63, 3.8) is 0 Å². The molecule has 0 aliphatic carbocycles. The van der Waals surface area contributed by atoms with Crippen LogP contribution in [-0.2, 0) is 22.7 Å². The van der Waals surface area contributed by atoms with Gasteiger partial charge >= 0.3 is 0 Å². The van der Waals surface area contributed by atoms with Crippen LogP contribution in [0.2, 0.25) is 0 Å². The summed E-state index contributed by atoms with van der Waals surface area (Å²) in [5, 5.41) is 5.95. The van der Waals surface area contributed by atoms with Gasteiger partial charge in [-0.15, -0.1) is 0 Å². The fourth-order valence-corrected chi connectivity index (χ4v) is 1.75. The fourth-order valence-electron chi connectivity index (χ4n) is 1.75. The molecule has 4 heteroatoms. The minimum atomic E-state index is -0.0161. The molecule has 0 fully saturated rings. The third-order valence-corrected chi connectivity index (χ3v) is 2.68. The van der Waals surface area contributed by atoms with Gasteiger partial charge in [-0.2, -0.15) is 0 Å². The quantitative estimate of drug-likeness (QED) is 0.833. The van der Waals surface area contributed by atoms with Crippen LogP contribution in [0.25, 0.3) is 0 Å². The molecule has 0 spiro atoms. The zero-order valence-corrected chi connectivity index (χ0v) is 10.2. The smallest absolute Gasteiger partial charge is 0.238 e. The summed E-state index contributed by atoms with van der Waals surface area (Å²) in [6, 6.07) is 6.22. The monoisotopic (exact) mass is 234 g/mol. The fraction of sp³-hybridized carbons (Fsp3) is 0.462. The van der Waals surface area contributed by atoms with Crippen LogP contribution in [0.5, 0.6) is 0 Å². The standard InChI is InChI=1S/C13H18N2O2/c1-9(2)14-6-13(16)15-12-4-3-10-7-17-8-11(10)5-12/h3-5,9,14H,6-8H2,1-2H3,(H,15,16). The number of carbonyl (C=O) groups is 1. The average Bonchev–Trinajstić information content (AvgIpc) is 2.73. The molecule has 1 aromatic rings. The van der Waals surface area contributed by atoms with Crippen molar-refractivity contribution in [1.82, 2.24) is 5.32 Å². The summed E-state index contributed by atoms with van der Waals surface area (Å²) in [6.07, 6.45) is 0. The number of amides is 1. The second kappa shape index (κ2) is 5.29. The van der Waals surface area contributed by atoms with Gasteiger partial charge < -0.3 is 15.4 Å². The number of rotatable bonds is 4. The first-order chi connectivity index (χ1) is 8.15. The Hall–Kier alpha value is -1.39. The lowest BCUT2D eigenvalue weighted by Gasteiger charge is -2.09. The van der Waals surface area contributed by atoms with E-state index in [2.05, 4.69) is 10.6 Å². The maximum atomic E-state index is 11.6. The van der Waals surface area contributed by atoms with Crippen molar-refractivity contribution in [2.75, 3.05) is 11.9 Å². The van der Waals surface area contributed by atoms with Crippen molar-refractivity contribution in [2.24, 2.45) is 0 Å². The number of hydrogen-bond donors (Lipinski definition) is 2. The van der Waals surface area contributed by atoms with E-state index in [1.807, 2.05) is 32.0 Å². The van der Waals surface area contributed by atoms with E-state index < -0.39 is 0 Å². The Morgan fingerprint density at radius 3 is 2.88 bits per heavy atom. The highest BCUT2D eigenvalue weighted by atomic mass is 16.5. The SMILES string of the molecule is CC(C)NCC(=O)Nc1ccc2c(c1)COC2. The highest BCUT2D eigenvalue weighted by Gasteiger charge is 2.12. The maximum absolute atomic E-state index is 11.6. The second-order valence-electron chi connectivity index (χ2n) is 4.56. The Balaban J connectivity index is 1.92. The first kappa shape index (κ1) is 12.1. The molecule has 4 nitrogen and oxygen atoms in total. The molecule has 0 bridgehead atoms. The number of ether oxygens (including phenoxy) is 1. The van der Waals surface area contributed by atoms with Gasteiger partial charge in [0.1, 0.15) is 0 Å². The summed E-state index contributed by atoms with van der Waals surface area (Å²) in [5.74, 6) is -0.0161. The second-order valence-corrected chi connectivity index (χ2v) is 4.56. The van der Waals surface area contributed by atoms with Crippen molar-refractivity contribution >= 4 is 11.6 Å². The van der Waals surface area contributed by atoms with E-state index >= 15 is 0 Å². The van der Waals surface area contributed by atoms with Gasteiger partial charge in [0, 0.05) is 11.7 Å². The topological polar surface area (TPSA) is 50.4 Å². The number of hydrogen-bond acceptors (Lipinski definition) is 3. The minimum Gasteiger partial charge on any atom is -0.372 e. The molecule has 17 heavy (non-hydrogen) atoms. The molecule has 0 aromatic heterocycles. The molecule has 0 saturated carbocycles. The van der Waals surface area contributed by atoms with Crippen LogP contribution in [0, 0.1) is 0 Å². The lowest BCUT2D eigenvalue weighted by Crippen LogP contribution is -2.32. The Morgan fingerprint density at radius 1 is 1.35 bits per heavy atom. The lowest BCUT2D eigenvalue weighted by molar-refractivity contribution is -0.115. The van der Waals surface area contributed by atoms with Crippen LogP contribution < -0.4 is 10.6 Å². The molecule has 0 unspecified atom stereocenters. The molecule has 2 N–H and O–H groups in total. The summed E-state index contributed by atoms with van der Waals surface area (Å²) in [6.45, 7) is 5.69. The molecule has 0 radical (unpaired) electrons. The van der Waals surface area contributed by atoms with E-state index in [0.717, 1.165) is 5.69 Å². The van der Waals surface area contributed by atoms with Gasteiger partial charge in [0.05, 0.1) is 19.8 Å². The number of fused-ring (bicyclic) bond motifs is 1. The molecule has 1 aromatic carbocycles. The Labute approximate surface area is 101 Å². The van der Waals surface area contributed by atoms with Gasteiger partial charge in [-0.05, 0) is 23.3 Å². The van der Waals surface area contributed by atoms with Gasteiger partial charge in [0.15, 0.2) is 0 Å². The predicted octanol–water partition coefficient (Wildman–Crippen LogP) is 1.65. The summed E-state index contributed by atoms with van der Waals surface area (Å²) >= 11 is 0. The molecule has 1 aliphatic rings. The van der Waals surface area contributed by atoms with Gasteiger partial charge in [-0.3, -0.25) is 4.79 Å². The molecule has 0 saturated heterocycles. The van der Waals surface area contributed by atoms with E-state index in [4.69, 9.17) is 4.74 Å². The first-order valence-electron chi connectivity index (χ1n) is 5.88. The van der Waals surface area contributed by atoms with Crippen molar-refractivity contribution in [2.45, 2.75) is 33.1 Å². The summed E-state index contributed by atoms with van der Waals surface area (Å²) < 4.78 is 5.33. The molecular weight excluding hydrogens is 216 g/mol. The van der Waals surface area contributed by atoms with Gasteiger partial charge in [-0.25, -0.2) is 0 Å². The molecule has 0 atom stereocenters. The number of carbonyl (C=O) groups excluding carboxylic acids is 1. The largest absolute Gasteiger partial charge is 0.372 e. The van der Waals surface area contributed by atoms with Crippen molar-refractivity contribution in [3.8, 4) is 0 Å². The van der Waals surface area contributed by atoms with Crippen LogP contribution in [0.4, 0.5) is 5.69 Å². The van der Waals surface area contributed by atoms with Crippen LogP contribution in [0.15, 0.2) is 18.2 Å². The normalized spacial score (nSPS) is 13.8.